The summed E-state index contributed by atoms with van der Waals surface area (Å²) < 4.78 is 1.68. The van der Waals surface area contributed by atoms with Gasteiger partial charge in [0.15, 0.2) is 5.03 Å². The van der Waals surface area contributed by atoms with Crippen LogP contribution in [0.15, 0.2) is 51.4 Å². The summed E-state index contributed by atoms with van der Waals surface area (Å²) in [6.07, 6.45) is 3.36. The predicted octanol–water partition coefficient (Wildman–Crippen LogP) is 2.64. The molecule has 1 heterocycles. The average Bonchev–Trinajstić information content (AvgIpc) is 2.40. The molecule has 0 spiro atoms. The fraction of sp³-hybridized carbons (Fsp3) is 0.333. The molecule has 106 valence electrons. The van der Waals surface area contributed by atoms with Crippen LogP contribution in [0.1, 0.15) is 26.3 Å². The van der Waals surface area contributed by atoms with E-state index in [1.165, 1.54) is 11.8 Å². The highest BCUT2D eigenvalue weighted by atomic mass is 32.2. The van der Waals surface area contributed by atoms with Crippen LogP contribution in [-0.4, -0.2) is 14.7 Å². The van der Waals surface area contributed by atoms with Gasteiger partial charge >= 0.3 is 0 Å². The first-order valence-electron chi connectivity index (χ1n) is 6.37. The number of hydrogen-bond acceptors (Lipinski definition) is 4. The van der Waals surface area contributed by atoms with E-state index in [0.29, 0.717) is 5.03 Å². The van der Waals surface area contributed by atoms with Crippen molar-refractivity contribution in [3.05, 3.63) is 52.6 Å². The second kappa shape index (κ2) is 5.81. The summed E-state index contributed by atoms with van der Waals surface area (Å²) in [6, 6.07) is 7.44. The van der Waals surface area contributed by atoms with E-state index in [1.807, 2.05) is 45.0 Å². The lowest BCUT2D eigenvalue weighted by Crippen LogP contribution is -2.34. The highest BCUT2D eigenvalue weighted by molar-refractivity contribution is 7.99. The summed E-state index contributed by atoms with van der Waals surface area (Å²) in [7, 11) is 0. The van der Waals surface area contributed by atoms with E-state index in [2.05, 4.69) is 4.98 Å². The largest absolute Gasteiger partial charge is 0.392 e. The summed E-state index contributed by atoms with van der Waals surface area (Å²) in [5.74, 6) is 0. The second-order valence-corrected chi connectivity index (χ2v) is 6.54. The molecule has 2 aromatic rings. The number of benzene rings is 1. The van der Waals surface area contributed by atoms with Crippen LogP contribution in [0.3, 0.4) is 0 Å². The molecule has 1 N–H and O–H groups in total. The standard InChI is InChI=1S/C15H18N2O2S/c1-15(2,3)17-9-8-16-13(14(17)19)20-12-6-4-11(10-18)5-7-12/h4-9,18H,10H2,1-3H3. The maximum absolute atomic E-state index is 12.4. The van der Waals surface area contributed by atoms with Crippen LogP contribution >= 0.6 is 11.8 Å². The molecule has 0 aliphatic carbocycles. The molecule has 0 atom stereocenters. The first-order chi connectivity index (χ1) is 9.41. The Morgan fingerprint density at radius 1 is 1.25 bits per heavy atom. The van der Waals surface area contributed by atoms with E-state index in [1.54, 1.807) is 17.0 Å². The molecule has 5 heteroatoms. The Bertz CT molecular complexity index is 642. The number of nitrogens with zero attached hydrogens (tertiary/aromatic N) is 2. The van der Waals surface area contributed by atoms with Crippen molar-refractivity contribution >= 4 is 11.8 Å². The quantitative estimate of drug-likeness (QED) is 0.944. The summed E-state index contributed by atoms with van der Waals surface area (Å²) in [4.78, 5) is 17.5. The van der Waals surface area contributed by atoms with Crippen LogP contribution in [-0.2, 0) is 12.1 Å². The van der Waals surface area contributed by atoms with Crippen LogP contribution in [0.25, 0.3) is 0 Å². The fourth-order valence-corrected chi connectivity index (χ4v) is 2.56. The molecule has 0 bridgehead atoms. The Morgan fingerprint density at radius 3 is 2.45 bits per heavy atom. The fourth-order valence-electron chi connectivity index (χ4n) is 1.77. The topological polar surface area (TPSA) is 55.1 Å². The van der Waals surface area contributed by atoms with Crippen molar-refractivity contribution in [3.8, 4) is 0 Å². The zero-order valence-electron chi connectivity index (χ0n) is 11.8. The van der Waals surface area contributed by atoms with Gasteiger partial charge in [0, 0.05) is 22.8 Å². The monoisotopic (exact) mass is 290 g/mol. The van der Waals surface area contributed by atoms with Crippen LogP contribution in [0.4, 0.5) is 0 Å². The molecular weight excluding hydrogens is 272 g/mol. The van der Waals surface area contributed by atoms with Gasteiger partial charge in [-0.05, 0) is 38.5 Å². The Hall–Kier alpha value is -1.59. The summed E-state index contributed by atoms with van der Waals surface area (Å²) >= 11 is 1.34. The van der Waals surface area contributed by atoms with E-state index in [9.17, 15) is 4.79 Å². The van der Waals surface area contributed by atoms with Gasteiger partial charge in [0.25, 0.3) is 5.56 Å². The van der Waals surface area contributed by atoms with Gasteiger partial charge in [0.05, 0.1) is 6.61 Å². The van der Waals surface area contributed by atoms with E-state index in [-0.39, 0.29) is 17.7 Å². The van der Waals surface area contributed by atoms with Crippen molar-refractivity contribution in [1.29, 1.82) is 0 Å². The summed E-state index contributed by atoms with van der Waals surface area (Å²) in [6.45, 7) is 5.97. The predicted molar refractivity (Wildman–Crippen MR) is 80.0 cm³/mol. The number of aliphatic hydroxyl groups is 1. The van der Waals surface area contributed by atoms with Crippen molar-refractivity contribution in [2.45, 2.75) is 42.8 Å². The van der Waals surface area contributed by atoms with Crippen LogP contribution < -0.4 is 5.56 Å². The second-order valence-electron chi connectivity index (χ2n) is 5.48. The van der Waals surface area contributed by atoms with Gasteiger partial charge in [0.2, 0.25) is 0 Å². The van der Waals surface area contributed by atoms with Gasteiger partial charge < -0.3 is 9.67 Å². The molecular formula is C15H18N2O2S. The number of aromatic nitrogens is 2. The molecule has 1 aromatic heterocycles. The maximum atomic E-state index is 12.4. The molecule has 0 fully saturated rings. The molecule has 2 rings (SSSR count). The van der Waals surface area contributed by atoms with Crippen molar-refractivity contribution in [2.75, 3.05) is 0 Å². The SMILES string of the molecule is CC(C)(C)n1ccnc(Sc2ccc(CO)cc2)c1=O. The first kappa shape index (κ1) is 14.8. The number of rotatable bonds is 3. The van der Waals surface area contributed by atoms with E-state index in [4.69, 9.17) is 5.11 Å². The zero-order chi connectivity index (χ0) is 14.8. The molecule has 0 saturated carbocycles. The number of hydrogen-bond donors (Lipinski definition) is 1. The van der Waals surface area contributed by atoms with Gasteiger partial charge in [0.1, 0.15) is 0 Å². The Morgan fingerprint density at radius 2 is 1.90 bits per heavy atom. The van der Waals surface area contributed by atoms with Crippen molar-refractivity contribution < 1.29 is 5.11 Å². The van der Waals surface area contributed by atoms with Gasteiger partial charge in [-0.3, -0.25) is 4.79 Å². The highest BCUT2D eigenvalue weighted by Crippen LogP contribution is 2.24. The minimum atomic E-state index is -0.268. The smallest absolute Gasteiger partial charge is 0.283 e. The third kappa shape index (κ3) is 3.29. The molecule has 0 radical (unpaired) electrons. The molecule has 4 nitrogen and oxygen atoms in total. The molecule has 0 amide bonds. The van der Waals surface area contributed by atoms with Crippen LogP contribution in [0, 0.1) is 0 Å². The van der Waals surface area contributed by atoms with Crippen molar-refractivity contribution in [2.24, 2.45) is 0 Å². The van der Waals surface area contributed by atoms with Gasteiger partial charge in [-0.15, -0.1) is 0 Å². The Labute approximate surface area is 122 Å². The van der Waals surface area contributed by atoms with Gasteiger partial charge in [-0.25, -0.2) is 4.98 Å². The summed E-state index contributed by atoms with van der Waals surface area (Å²) in [5.41, 5.74) is 0.495. The maximum Gasteiger partial charge on any atom is 0.283 e. The third-order valence-corrected chi connectivity index (χ3v) is 3.83. The van der Waals surface area contributed by atoms with Crippen LogP contribution in [0.2, 0.25) is 0 Å². The summed E-state index contributed by atoms with van der Waals surface area (Å²) in [5, 5.41) is 9.47. The molecule has 0 aliphatic rings. The molecule has 0 aliphatic heterocycles. The Balaban J connectivity index is 2.32. The van der Waals surface area contributed by atoms with E-state index < -0.39 is 0 Å². The highest BCUT2D eigenvalue weighted by Gasteiger charge is 2.17. The first-order valence-corrected chi connectivity index (χ1v) is 7.19. The van der Waals surface area contributed by atoms with E-state index >= 15 is 0 Å². The van der Waals surface area contributed by atoms with Crippen molar-refractivity contribution in [1.82, 2.24) is 9.55 Å². The Kier molecular flexibility index (Phi) is 4.30. The van der Waals surface area contributed by atoms with Gasteiger partial charge in [-0.1, -0.05) is 23.9 Å². The lowest BCUT2D eigenvalue weighted by atomic mass is 10.1. The molecule has 1 aromatic carbocycles. The zero-order valence-corrected chi connectivity index (χ0v) is 12.6. The minimum Gasteiger partial charge on any atom is -0.392 e. The number of aliphatic hydroxyl groups excluding tert-OH is 1. The molecule has 0 unspecified atom stereocenters. The lowest BCUT2D eigenvalue weighted by Gasteiger charge is -2.22. The van der Waals surface area contributed by atoms with Gasteiger partial charge in [-0.2, -0.15) is 0 Å². The lowest BCUT2D eigenvalue weighted by molar-refractivity contribution is 0.282. The average molecular weight is 290 g/mol. The van der Waals surface area contributed by atoms with Crippen molar-refractivity contribution in [3.63, 3.8) is 0 Å². The third-order valence-electron chi connectivity index (χ3n) is 2.85. The van der Waals surface area contributed by atoms with E-state index in [0.717, 1.165) is 10.5 Å². The van der Waals surface area contributed by atoms with Crippen LogP contribution in [0.5, 0.6) is 0 Å². The molecule has 0 saturated heterocycles. The normalized spacial score (nSPS) is 11.6. The molecule has 20 heavy (non-hydrogen) atoms. The minimum absolute atomic E-state index is 0.0192.